The van der Waals surface area contributed by atoms with Gasteiger partial charge in [0.1, 0.15) is 11.5 Å². The van der Waals surface area contributed by atoms with Crippen LogP contribution in [-0.4, -0.2) is 37.8 Å². The predicted molar refractivity (Wildman–Crippen MR) is 86.4 cm³/mol. The smallest absolute Gasteiger partial charge is 0.239 e. The van der Waals surface area contributed by atoms with Crippen LogP contribution in [0.1, 0.15) is 25.8 Å². The third kappa shape index (κ3) is 6.71. The number of nitrogens with one attached hydrogen (secondary N) is 2. The van der Waals surface area contributed by atoms with Crippen molar-refractivity contribution >= 4 is 27.3 Å². The zero-order chi connectivity index (χ0) is 16.8. The van der Waals surface area contributed by atoms with Crippen molar-refractivity contribution in [2.45, 2.75) is 33.2 Å². The lowest BCUT2D eigenvalue weighted by molar-refractivity contribution is -0.119. The molecule has 1 unspecified atom stereocenters. The molecular weight excluding hydrogens is 304 g/mol. The van der Waals surface area contributed by atoms with Gasteiger partial charge in [0.05, 0.1) is 0 Å². The van der Waals surface area contributed by atoms with E-state index >= 15 is 0 Å². The number of hydrogen-bond donors (Lipinski definition) is 2. The number of anilines is 1. The molecule has 1 aromatic carbocycles. The number of hydrogen-bond acceptors (Lipinski definition) is 4. The zero-order valence-corrected chi connectivity index (χ0v) is 13.9. The van der Waals surface area contributed by atoms with Crippen molar-refractivity contribution < 1.29 is 18.0 Å². The lowest BCUT2D eigenvalue weighted by Gasteiger charge is -2.11. The molecule has 1 rings (SSSR count). The van der Waals surface area contributed by atoms with Crippen molar-refractivity contribution in [3.63, 3.8) is 0 Å². The van der Waals surface area contributed by atoms with Gasteiger partial charge in [-0.15, -0.1) is 0 Å². The van der Waals surface area contributed by atoms with Crippen molar-refractivity contribution in [3.8, 4) is 0 Å². The Balaban J connectivity index is 2.54. The predicted octanol–water partition coefficient (Wildman–Crippen LogP) is 1.26. The number of aryl methyl sites for hydroxylation is 1. The summed E-state index contributed by atoms with van der Waals surface area (Å²) in [5, 5.41) is 5.07. The molecule has 2 amide bonds. The normalized spacial score (nSPS) is 12.5. The fourth-order valence-electron chi connectivity index (χ4n) is 1.70. The van der Waals surface area contributed by atoms with Gasteiger partial charge >= 0.3 is 0 Å². The highest BCUT2D eigenvalue weighted by atomic mass is 32.2. The van der Waals surface area contributed by atoms with Crippen LogP contribution in [-0.2, 0) is 19.4 Å². The second-order valence-corrected chi connectivity index (χ2v) is 7.39. The number of amides is 2. The molecule has 1 aromatic rings. The van der Waals surface area contributed by atoms with E-state index < -0.39 is 33.2 Å². The minimum atomic E-state index is -3.79. The van der Waals surface area contributed by atoms with E-state index in [2.05, 4.69) is 10.6 Å². The van der Waals surface area contributed by atoms with E-state index in [9.17, 15) is 18.0 Å². The second kappa shape index (κ2) is 7.93. The number of sulfone groups is 1. The first kappa shape index (κ1) is 18.2. The van der Waals surface area contributed by atoms with Crippen LogP contribution < -0.4 is 10.6 Å². The maximum atomic E-state index is 11.8. The number of rotatable bonds is 7. The van der Waals surface area contributed by atoms with E-state index in [1.807, 2.05) is 26.0 Å². The van der Waals surface area contributed by atoms with Crippen LogP contribution >= 0.6 is 0 Å². The minimum absolute atomic E-state index is 0.0934. The quantitative estimate of drug-likeness (QED) is 0.789. The molecule has 6 nitrogen and oxygen atoms in total. The largest absolute Gasteiger partial charge is 0.353 e. The molecule has 1 atom stereocenters. The molecule has 0 saturated heterocycles. The van der Waals surface area contributed by atoms with Gasteiger partial charge in [-0.1, -0.05) is 24.6 Å². The molecule has 0 heterocycles. The summed E-state index contributed by atoms with van der Waals surface area (Å²) < 4.78 is 23.7. The van der Waals surface area contributed by atoms with E-state index in [1.54, 1.807) is 19.1 Å². The highest BCUT2D eigenvalue weighted by Crippen LogP contribution is 2.08. The standard InChI is InChI=1S/C15H22N2O4S/c1-4-12(3)16-14(18)9-22(20,21)10-15(19)17-13-7-5-11(2)6-8-13/h5-8,12H,4,9-10H2,1-3H3,(H,16,18)(H,17,19). The molecule has 7 heteroatoms. The van der Waals surface area contributed by atoms with Gasteiger partial charge in [-0.2, -0.15) is 0 Å². The molecule has 122 valence electrons. The first-order valence-electron chi connectivity index (χ1n) is 7.08. The van der Waals surface area contributed by atoms with E-state index in [0.29, 0.717) is 12.1 Å². The third-order valence-corrected chi connectivity index (χ3v) is 4.46. The van der Waals surface area contributed by atoms with Gasteiger partial charge in [-0.05, 0) is 32.4 Å². The summed E-state index contributed by atoms with van der Waals surface area (Å²) in [7, 11) is -3.79. The van der Waals surface area contributed by atoms with Gasteiger partial charge in [0.2, 0.25) is 11.8 Å². The highest BCUT2D eigenvalue weighted by molar-refractivity contribution is 7.92. The van der Waals surface area contributed by atoms with Gasteiger partial charge in [0, 0.05) is 11.7 Å². The Hall–Kier alpha value is -1.89. The van der Waals surface area contributed by atoms with Gasteiger partial charge < -0.3 is 10.6 Å². The lowest BCUT2D eigenvalue weighted by atomic mass is 10.2. The summed E-state index contributed by atoms with van der Waals surface area (Å²) in [6, 6.07) is 6.90. The van der Waals surface area contributed by atoms with Crippen molar-refractivity contribution in [1.82, 2.24) is 5.32 Å². The van der Waals surface area contributed by atoms with Gasteiger partial charge in [-0.25, -0.2) is 8.42 Å². The molecular formula is C15H22N2O4S. The van der Waals surface area contributed by atoms with Crippen LogP contribution in [0.25, 0.3) is 0 Å². The van der Waals surface area contributed by atoms with Crippen LogP contribution in [0.5, 0.6) is 0 Å². The Morgan fingerprint density at radius 1 is 1.09 bits per heavy atom. The maximum absolute atomic E-state index is 11.8. The molecule has 0 saturated carbocycles. The summed E-state index contributed by atoms with van der Waals surface area (Å²) in [6.07, 6.45) is 0.708. The fraction of sp³-hybridized carbons (Fsp3) is 0.467. The maximum Gasteiger partial charge on any atom is 0.239 e. The zero-order valence-electron chi connectivity index (χ0n) is 13.0. The van der Waals surface area contributed by atoms with Crippen molar-refractivity contribution in [2.75, 3.05) is 16.8 Å². The molecule has 2 N–H and O–H groups in total. The van der Waals surface area contributed by atoms with E-state index in [0.717, 1.165) is 5.56 Å². The van der Waals surface area contributed by atoms with Gasteiger partial charge in [0.25, 0.3) is 0 Å². The van der Waals surface area contributed by atoms with Crippen LogP contribution in [0.3, 0.4) is 0 Å². The molecule has 0 spiro atoms. The fourth-order valence-corrected chi connectivity index (χ4v) is 2.76. The molecule has 0 aromatic heterocycles. The Morgan fingerprint density at radius 2 is 1.64 bits per heavy atom. The molecule has 0 aliphatic carbocycles. The van der Waals surface area contributed by atoms with E-state index in [1.165, 1.54) is 0 Å². The van der Waals surface area contributed by atoms with Crippen LogP contribution in [0.15, 0.2) is 24.3 Å². The minimum Gasteiger partial charge on any atom is -0.353 e. The lowest BCUT2D eigenvalue weighted by Crippen LogP contribution is -2.38. The summed E-state index contributed by atoms with van der Waals surface area (Å²) in [6.45, 7) is 5.58. The summed E-state index contributed by atoms with van der Waals surface area (Å²) >= 11 is 0. The molecule has 0 aliphatic rings. The molecule has 0 aliphatic heterocycles. The monoisotopic (exact) mass is 326 g/mol. The SMILES string of the molecule is CCC(C)NC(=O)CS(=O)(=O)CC(=O)Nc1ccc(C)cc1. The average Bonchev–Trinajstić information content (AvgIpc) is 2.39. The van der Waals surface area contributed by atoms with Crippen LogP contribution in [0.4, 0.5) is 5.69 Å². The van der Waals surface area contributed by atoms with Crippen LogP contribution in [0.2, 0.25) is 0 Å². The summed E-state index contributed by atoms with van der Waals surface area (Å²) in [4.78, 5) is 23.3. The Kier molecular flexibility index (Phi) is 6.55. The third-order valence-electron chi connectivity index (χ3n) is 3.06. The number of carbonyl (C=O) groups is 2. The van der Waals surface area contributed by atoms with E-state index in [-0.39, 0.29) is 6.04 Å². The topological polar surface area (TPSA) is 92.3 Å². The first-order chi connectivity index (χ1) is 10.2. The van der Waals surface area contributed by atoms with Crippen molar-refractivity contribution in [3.05, 3.63) is 29.8 Å². The highest BCUT2D eigenvalue weighted by Gasteiger charge is 2.21. The Bertz CT molecular complexity index is 623. The molecule has 0 bridgehead atoms. The molecule has 22 heavy (non-hydrogen) atoms. The van der Waals surface area contributed by atoms with Crippen LogP contribution in [0, 0.1) is 6.92 Å². The summed E-state index contributed by atoms with van der Waals surface area (Å²) in [5.74, 6) is -2.63. The molecule has 0 fully saturated rings. The number of benzene rings is 1. The number of carbonyl (C=O) groups excluding carboxylic acids is 2. The summed E-state index contributed by atoms with van der Waals surface area (Å²) in [5.41, 5.74) is 1.56. The second-order valence-electron chi connectivity index (χ2n) is 5.32. The van der Waals surface area contributed by atoms with Gasteiger partial charge in [-0.3, -0.25) is 9.59 Å². The average molecular weight is 326 g/mol. The molecule has 0 radical (unpaired) electrons. The van der Waals surface area contributed by atoms with Gasteiger partial charge in [0.15, 0.2) is 9.84 Å². The van der Waals surface area contributed by atoms with E-state index in [4.69, 9.17) is 0 Å². The first-order valence-corrected chi connectivity index (χ1v) is 8.90. The van der Waals surface area contributed by atoms with Crippen molar-refractivity contribution in [2.24, 2.45) is 0 Å². The Labute approximate surface area is 131 Å². The van der Waals surface area contributed by atoms with Crippen molar-refractivity contribution in [1.29, 1.82) is 0 Å². The Morgan fingerprint density at radius 3 is 2.18 bits per heavy atom.